The van der Waals surface area contributed by atoms with E-state index in [2.05, 4.69) is 17.4 Å². The summed E-state index contributed by atoms with van der Waals surface area (Å²) < 4.78 is 0. The molecule has 0 heterocycles. The fourth-order valence-corrected chi connectivity index (χ4v) is 5.97. The third kappa shape index (κ3) is 4.82. The Balaban J connectivity index is 1.15. The lowest BCUT2D eigenvalue weighted by Gasteiger charge is -2.11. The van der Waals surface area contributed by atoms with Crippen LogP contribution in [-0.4, -0.2) is 28.5 Å². The number of rotatable bonds is 7. The molecule has 1 aliphatic rings. The van der Waals surface area contributed by atoms with Crippen LogP contribution in [0.2, 0.25) is 0 Å². The molecule has 0 spiro atoms. The molecule has 1 aliphatic carbocycles. The fraction of sp³-hybridized carbons (Fsp3) is 0.0606. The summed E-state index contributed by atoms with van der Waals surface area (Å²) in [5.41, 5.74) is 6.53. The van der Waals surface area contributed by atoms with Crippen LogP contribution < -0.4 is 5.32 Å². The fourth-order valence-electron chi connectivity index (χ4n) is 5.12. The maximum atomic E-state index is 13.2. The van der Waals surface area contributed by atoms with Gasteiger partial charge in [0.05, 0.1) is 11.3 Å². The Morgan fingerprint density at radius 1 is 0.744 bits per heavy atom. The summed E-state index contributed by atoms with van der Waals surface area (Å²) in [7, 11) is 0. The number of Topliss-reactive ketones (excluding diaryl/α,β-unsaturated/α-hetero) is 1. The van der Waals surface area contributed by atoms with Crippen molar-refractivity contribution in [2.24, 2.45) is 0 Å². The average molecular weight is 530 g/mol. The minimum atomic E-state index is -1.09. The lowest BCUT2D eigenvalue weighted by atomic mass is 9.98. The number of thioether (sulfide) groups is 1. The van der Waals surface area contributed by atoms with E-state index in [1.807, 2.05) is 48.5 Å². The minimum Gasteiger partial charge on any atom is -0.478 e. The van der Waals surface area contributed by atoms with Gasteiger partial charge < -0.3 is 10.4 Å². The molecule has 6 rings (SSSR count). The van der Waals surface area contributed by atoms with Crippen LogP contribution in [0.1, 0.15) is 42.2 Å². The third-order valence-corrected chi connectivity index (χ3v) is 7.95. The van der Waals surface area contributed by atoms with Crippen LogP contribution in [-0.2, 0) is 6.42 Å². The SMILES string of the molecule is O=C(CSc1cccc(NC(=O)c2cccc3cccc(C(=O)O)c23)c1)c1ccc2c(c1)Cc1ccccc1-2. The van der Waals surface area contributed by atoms with Gasteiger partial charge in [-0.3, -0.25) is 9.59 Å². The van der Waals surface area contributed by atoms with Gasteiger partial charge in [0, 0.05) is 27.1 Å². The zero-order valence-corrected chi connectivity index (χ0v) is 21.6. The summed E-state index contributed by atoms with van der Waals surface area (Å²) in [6.07, 6.45) is 0.839. The zero-order valence-electron chi connectivity index (χ0n) is 20.8. The second-order valence-electron chi connectivity index (χ2n) is 9.41. The molecule has 39 heavy (non-hydrogen) atoms. The number of carboxylic acid groups (broad SMARTS) is 1. The van der Waals surface area contributed by atoms with Gasteiger partial charge in [-0.1, -0.05) is 66.7 Å². The van der Waals surface area contributed by atoms with Crippen molar-refractivity contribution in [1.29, 1.82) is 0 Å². The highest BCUT2D eigenvalue weighted by Gasteiger charge is 2.20. The Hall–Kier alpha value is -4.68. The van der Waals surface area contributed by atoms with Crippen molar-refractivity contribution < 1.29 is 19.5 Å². The molecule has 0 unspecified atom stereocenters. The number of fused-ring (bicyclic) bond motifs is 4. The Kier molecular flexibility index (Phi) is 6.47. The number of carbonyl (C=O) groups is 3. The Labute approximate surface area is 229 Å². The topological polar surface area (TPSA) is 83.5 Å². The Bertz CT molecular complexity index is 1790. The number of hydrogen-bond donors (Lipinski definition) is 2. The third-order valence-electron chi connectivity index (χ3n) is 6.96. The molecule has 1 amide bonds. The highest BCUT2D eigenvalue weighted by atomic mass is 32.2. The Morgan fingerprint density at radius 2 is 1.49 bits per heavy atom. The molecular weight excluding hydrogens is 506 g/mol. The highest BCUT2D eigenvalue weighted by Crippen LogP contribution is 2.37. The molecule has 0 radical (unpaired) electrons. The predicted octanol–water partition coefficient (Wildman–Crippen LogP) is 7.34. The molecule has 0 saturated heterocycles. The van der Waals surface area contributed by atoms with Gasteiger partial charge in [0.1, 0.15) is 0 Å². The van der Waals surface area contributed by atoms with Crippen molar-refractivity contribution in [3.8, 4) is 11.1 Å². The molecule has 190 valence electrons. The molecular formula is C33H23NO4S. The summed E-state index contributed by atoms with van der Waals surface area (Å²) in [4.78, 5) is 38.8. The van der Waals surface area contributed by atoms with E-state index in [0.29, 0.717) is 22.0 Å². The van der Waals surface area contributed by atoms with Crippen LogP contribution in [0.15, 0.2) is 108 Å². The van der Waals surface area contributed by atoms with Crippen LogP contribution in [0.5, 0.6) is 0 Å². The summed E-state index contributed by atoms with van der Waals surface area (Å²) in [5, 5.41) is 13.6. The monoisotopic (exact) mass is 529 g/mol. The highest BCUT2D eigenvalue weighted by molar-refractivity contribution is 8.00. The van der Waals surface area contributed by atoms with Crippen molar-refractivity contribution in [2.75, 3.05) is 11.1 Å². The van der Waals surface area contributed by atoms with Gasteiger partial charge in [-0.05, 0) is 70.5 Å². The molecule has 0 saturated carbocycles. The number of aromatic carboxylic acids is 1. The number of hydrogen-bond acceptors (Lipinski definition) is 4. The van der Waals surface area contributed by atoms with E-state index in [9.17, 15) is 19.5 Å². The van der Waals surface area contributed by atoms with Crippen molar-refractivity contribution in [3.05, 3.63) is 131 Å². The maximum absolute atomic E-state index is 13.2. The lowest BCUT2D eigenvalue weighted by molar-refractivity contribution is 0.0698. The van der Waals surface area contributed by atoms with E-state index in [-0.39, 0.29) is 22.7 Å². The summed E-state index contributed by atoms with van der Waals surface area (Å²) in [6.45, 7) is 0. The zero-order chi connectivity index (χ0) is 26.9. The minimum absolute atomic E-state index is 0.0464. The van der Waals surface area contributed by atoms with E-state index in [1.165, 1.54) is 40.1 Å². The molecule has 5 aromatic rings. The first-order chi connectivity index (χ1) is 19.0. The molecule has 5 nitrogen and oxygen atoms in total. The van der Waals surface area contributed by atoms with Crippen LogP contribution in [0.25, 0.3) is 21.9 Å². The van der Waals surface area contributed by atoms with Gasteiger partial charge in [-0.15, -0.1) is 11.8 Å². The molecule has 0 aromatic heterocycles. The quantitative estimate of drug-likeness (QED) is 0.167. The van der Waals surface area contributed by atoms with E-state index in [0.717, 1.165) is 11.3 Å². The first-order valence-corrected chi connectivity index (χ1v) is 13.5. The standard InChI is InChI=1S/C33H23NO4S/c35-30(22-14-15-27-23(17-22)16-21-6-1-2-11-26(21)27)19-39-25-10-5-9-24(18-25)34-32(36)28-12-3-7-20-8-4-13-29(31(20)28)33(37)38/h1-15,17-18H,16,19H2,(H,34,36)(H,37,38). The average Bonchev–Trinajstić information content (AvgIpc) is 3.33. The number of carbonyl (C=O) groups excluding carboxylic acids is 2. The van der Waals surface area contributed by atoms with Crippen molar-refractivity contribution in [3.63, 3.8) is 0 Å². The molecule has 0 fully saturated rings. The normalized spacial score (nSPS) is 11.6. The Morgan fingerprint density at radius 3 is 2.31 bits per heavy atom. The van der Waals surface area contributed by atoms with Gasteiger partial charge in [-0.2, -0.15) is 0 Å². The van der Waals surface area contributed by atoms with E-state index in [1.54, 1.807) is 36.4 Å². The smallest absolute Gasteiger partial charge is 0.336 e. The van der Waals surface area contributed by atoms with Crippen molar-refractivity contribution in [2.45, 2.75) is 11.3 Å². The molecule has 0 atom stereocenters. The van der Waals surface area contributed by atoms with Gasteiger partial charge in [0.15, 0.2) is 5.78 Å². The summed E-state index contributed by atoms with van der Waals surface area (Å²) in [5.74, 6) is -1.16. The van der Waals surface area contributed by atoms with Crippen LogP contribution in [0.3, 0.4) is 0 Å². The largest absolute Gasteiger partial charge is 0.478 e. The van der Waals surface area contributed by atoms with Gasteiger partial charge in [0.2, 0.25) is 0 Å². The number of carboxylic acids is 1. The molecule has 5 aromatic carbocycles. The van der Waals surface area contributed by atoms with Crippen molar-refractivity contribution >= 4 is 45.9 Å². The first kappa shape index (κ1) is 24.6. The van der Waals surface area contributed by atoms with E-state index < -0.39 is 11.9 Å². The molecule has 0 aliphatic heterocycles. The molecule has 0 bridgehead atoms. The van der Waals surface area contributed by atoms with Crippen molar-refractivity contribution in [1.82, 2.24) is 0 Å². The predicted molar refractivity (Wildman–Crippen MR) is 155 cm³/mol. The number of amides is 1. The maximum Gasteiger partial charge on any atom is 0.336 e. The first-order valence-electron chi connectivity index (χ1n) is 12.5. The van der Waals surface area contributed by atoms with Gasteiger partial charge >= 0.3 is 5.97 Å². The number of benzene rings is 5. The van der Waals surface area contributed by atoms with E-state index >= 15 is 0 Å². The van der Waals surface area contributed by atoms with Crippen LogP contribution in [0.4, 0.5) is 5.69 Å². The lowest BCUT2D eigenvalue weighted by Crippen LogP contribution is -2.13. The van der Waals surface area contributed by atoms with Crippen LogP contribution >= 0.6 is 11.8 Å². The molecule has 2 N–H and O–H groups in total. The number of anilines is 1. The van der Waals surface area contributed by atoms with Crippen LogP contribution in [0, 0.1) is 0 Å². The number of ketones is 1. The summed E-state index contributed by atoms with van der Waals surface area (Å²) in [6, 6.07) is 31.7. The van der Waals surface area contributed by atoms with Gasteiger partial charge in [-0.25, -0.2) is 4.79 Å². The van der Waals surface area contributed by atoms with Gasteiger partial charge in [0.25, 0.3) is 5.91 Å². The van der Waals surface area contributed by atoms with E-state index in [4.69, 9.17) is 0 Å². The number of nitrogens with one attached hydrogen (secondary N) is 1. The second-order valence-corrected chi connectivity index (χ2v) is 10.5. The molecule has 6 heteroatoms. The summed E-state index contributed by atoms with van der Waals surface area (Å²) >= 11 is 1.41. The second kappa shape index (κ2) is 10.2.